The molecule has 0 saturated heterocycles. The van der Waals surface area contributed by atoms with Gasteiger partial charge in [0.15, 0.2) is 0 Å². The quantitative estimate of drug-likeness (QED) is 0.831. The molecule has 1 aliphatic carbocycles. The maximum atomic E-state index is 12.1. The zero-order valence-electron chi connectivity index (χ0n) is 10.7. The normalized spacial score (nSPS) is 24.4. The smallest absolute Gasteiger partial charge is 0.251 e. The minimum Gasteiger partial charge on any atom is -0.349 e. The summed E-state index contributed by atoms with van der Waals surface area (Å²) in [5.41, 5.74) is 1.96. The van der Waals surface area contributed by atoms with E-state index >= 15 is 0 Å². The first-order valence-corrected chi connectivity index (χ1v) is 6.54. The number of benzene rings is 1. The van der Waals surface area contributed by atoms with Crippen LogP contribution in [0.25, 0.3) is 0 Å². The van der Waals surface area contributed by atoms with Crippen LogP contribution in [0.5, 0.6) is 0 Å². The molecule has 1 saturated carbocycles. The van der Waals surface area contributed by atoms with Crippen LogP contribution in [0.4, 0.5) is 0 Å². The van der Waals surface area contributed by atoms with Crippen molar-refractivity contribution in [2.24, 2.45) is 5.92 Å². The van der Waals surface area contributed by atoms with Gasteiger partial charge in [0, 0.05) is 11.6 Å². The van der Waals surface area contributed by atoms with E-state index in [9.17, 15) is 4.79 Å². The second-order valence-corrected chi connectivity index (χ2v) is 5.21. The number of rotatable bonds is 2. The molecule has 0 unspecified atom stereocenters. The van der Waals surface area contributed by atoms with Gasteiger partial charge in [0.25, 0.3) is 5.91 Å². The van der Waals surface area contributed by atoms with Crippen LogP contribution in [0, 0.1) is 12.8 Å². The molecule has 1 amide bonds. The Morgan fingerprint density at radius 3 is 2.47 bits per heavy atom. The fourth-order valence-corrected chi connectivity index (χ4v) is 2.49. The lowest BCUT2D eigenvalue weighted by Crippen LogP contribution is -2.41. The van der Waals surface area contributed by atoms with Crippen LogP contribution < -0.4 is 5.32 Å². The maximum absolute atomic E-state index is 12.1. The van der Waals surface area contributed by atoms with E-state index in [0.29, 0.717) is 12.0 Å². The van der Waals surface area contributed by atoms with E-state index < -0.39 is 0 Å². The Bertz CT molecular complexity index is 382. The molecule has 1 aromatic rings. The van der Waals surface area contributed by atoms with Gasteiger partial charge in [0.1, 0.15) is 0 Å². The van der Waals surface area contributed by atoms with Crippen LogP contribution in [0.2, 0.25) is 0 Å². The monoisotopic (exact) mass is 231 g/mol. The third kappa shape index (κ3) is 3.09. The first kappa shape index (κ1) is 12.2. The van der Waals surface area contributed by atoms with Gasteiger partial charge in [-0.25, -0.2) is 0 Å². The first-order chi connectivity index (χ1) is 8.16. The summed E-state index contributed by atoms with van der Waals surface area (Å²) in [4.78, 5) is 12.1. The molecular formula is C15H21NO. The number of hydrogen-bond acceptors (Lipinski definition) is 1. The van der Waals surface area contributed by atoms with E-state index in [0.717, 1.165) is 12.0 Å². The van der Waals surface area contributed by atoms with Gasteiger partial charge in [0.05, 0.1) is 0 Å². The minimum atomic E-state index is 0.0729. The highest BCUT2D eigenvalue weighted by Crippen LogP contribution is 2.23. The van der Waals surface area contributed by atoms with Crippen molar-refractivity contribution >= 4 is 5.91 Å². The summed E-state index contributed by atoms with van der Waals surface area (Å²) >= 11 is 0. The molecule has 2 nitrogen and oxygen atoms in total. The van der Waals surface area contributed by atoms with Crippen molar-refractivity contribution in [3.8, 4) is 0 Å². The fraction of sp³-hybridized carbons (Fsp3) is 0.533. The molecule has 1 aliphatic rings. The Kier molecular flexibility index (Phi) is 3.82. The summed E-state index contributed by atoms with van der Waals surface area (Å²) in [6.45, 7) is 4.27. The SMILES string of the molecule is Cc1ccc(C(=O)N[C@@H]2CCCC[C@@H]2C)cc1. The Morgan fingerprint density at radius 2 is 1.82 bits per heavy atom. The molecule has 0 bridgehead atoms. The summed E-state index contributed by atoms with van der Waals surface area (Å²) in [7, 11) is 0. The zero-order valence-corrected chi connectivity index (χ0v) is 10.7. The van der Waals surface area contributed by atoms with Gasteiger partial charge in [-0.05, 0) is 37.8 Å². The Morgan fingerprint density at radius 1 is 1.18 bits per heavy atom. The summed E-state index contributed by atoms with van der Waals surface area (Å²) in [6, 6.07) is 8.13. The van der Waals surface area contributed by atoms with Gasteiger partial charge in [-0.2, -0.15) is 0 Å². The number of carbonyl (C=O) groups excluding carboxylic acids is 1. The predicted molar refractivity (Wildman–Crippen MR) is 70.1 cm³/mol. The van der Waals surface area contributed by atoms with Crippen LogP contribution in [0.3, 0.4) is 0 Å². The lowest BCUT2D eigenvalue weighted by atomic mass is 9.86. The van der Waals surface area contributed by atoms with Crippen molar-refractivity contribution in [1.82, 2.24) is 5.32 Å². The van der Waals surface area contributed by atoms with Crippen LogP contribution >= 0.6 is 0 Å². The average molecular weight is 231 g/mol. The molecule has 2 atom stereocenters. The van der Waals surface area contributed by atoms with Gasteiger partial charge in [-0.1, -0.05) is 37.5 Å². The molecule has 17 heavy (non-hydrogen) atoms. The van der Waals surface area contributed by atoms with Crippen LogP contribution in [-0.2, 0) is 0 Å². The highest BCUT2D eigenvalue weighted by Gasteiger charge is 2.22. The van der Waals surface area contributed by atoms with Crippen LogP contribution in [0.1, 0.15) is 48.5 Å². The van der Waals surface area contributed by atoms with E-state index in [1.165, 1.54) is 24.8 Å². The number of nitrogens with one attached hydrogen (secondary N) is 1. The van der Waals surface area contributed by atoms with Crippen molar-refractivity contribution in [3.63, 3.8) is 0 Å². The number of aryl methyl sites for hydroxylation is 1. The van der Waals surface area contributed by atoms with E-state index in [2.05, 4.69) is 12.2 Å². The molecular weight excluding hydrogens is 210 g/mol. The summed E-state index contributed by atoms with van der Waals surface area (Å²) in [5.74, 6) is 0.682. The lowest BCUT2D eigenvalue weighted by Gasteiger charge is -2.29. The third-order valence-corrected chi connectivity index (χ3v) is 3.74. The highest BCUT2D eigenvalue weighted by atomic mass is 16.1. The van der Waals surface area contributed by atoms with Gasteiger partial charge in [-0.3, -0.25) is 4.79 Å². The van der Waals surface area contributed by atoms with E-state index in [-0.39, 0.29) is 5.91 Å². The Balaban J connectivity index is 1.98. The van der Waals surface area contributed by atoms with E-state index in [1.807, 2.05) is 31.2 Å². The third-order valence-electron chi connectivity index (χ3n) is 3.74. The highest BCUT2D eigenvalue weighted by molar-refractivity contribution is 5.94. The van der Waals surface area contributed by atoms with Gasteiger partial charge < -0.3 is 5.32 Å². The standard InChI is InChI=1S/C15H21NO/c1-11-7-9-13(10-8-11)15(17)16-14-6-4-3-5-12(14)2/h7-10,12,14H,3-6H2,1-2H3,(H,16,17)/t12-,14+/m0/s1. The number of carbonyl (C=O) groups is 1. The average Bonchev–Trinajstić information content (AvgIpc) is 2.33. The fourth-order valence-electron chi connectivity index (χ4n) is 2.49. The molecule has 2 rings (SSSR count). The molecule has 92 valence electrons. The van der Waals surface area contributed by atoms with Crippen molar-refractivity contribution < 1.29 is 4.79 Å². The number of amides is 1. The Hall–Kier alpha value is -1.31. The summed E-state index contributed by atoms with van der Waals surface area (Å²) < 4.78 is 0. The van der Waals surface area contributed by atoms with Gasteiger partial charge in [0.2, 0.25) is 0 Å². The summed E-state index contributed by atoms with van der Waals surface area (Å²) in [6.07, 6.45) is 4.90. The topological polar surface area (TPSA) is 29.1 Å². The van der Waals surface area contributed by atoms with E-state index in [4.69, 9.17) is 0 Å². The zero-order chi connectivity index (χ0) is 12.3. The van der Waals surface area contributed by atoms with Gasteiger partial charge >= 0.3 is 0 Å². The van der Waals surface area contributed by atoms with E-state index in [1.54, 1.807) is 0 Å². The summed E-state index contributed by atoms with van der Waals surface area (Å²) in [5, 5.41) is 3.17. The maximum Gasteiger partial charge on any atom is 0.251 e. The van der Waals surface area contributed by atoms with Gasteiger partial charge in [-0.15, -0.1) is 0 Å². The predicted octanol–water partition coefficient (Wildman–Crippen LogP) is 3.30. The first-order valence-electron chi connectivity index (χ1n) is 6.54. The molecule has 2 heteroatoms. The molecule has 0 aliphatic heterocycles. The van der Waals surface area contributed by atoms with Crippen molar-refractivity contribution in [2.45, 2.75) is 45.6 Å². The second-order valence-electron chi connectivity index (χ2n) is 5.21. The molecule has 0 radical (unpaired) electrons. The van der Waals surface area contributed by atoms with Crippen molar-refractivity contribution in [1.29, 1.82) is 0 Å². The molecule has 0 spiro atoms. The van der Waals surface area contributed by atoms with Crippen LogP contribution in [0.15, 0.2) is 24.3 Å². The Labute approximate surface area is 103 Å². The molecule has 1 N–H and O–H groups in total. The molecule has 0 aromatic heterocycles. The molecule has 0 heterocycles. The largest absolute Gasteiger partial charge is 0.349 e. The molecule has 1 fully saturated rings. The minimum absolute atomic E-state index is 0.0729. The lowest BCUT2D eigenvalue weighted by molar-refractivity contribution is 0.0910. The van der Waals surface area contributed by atoms with Crippen LogP contribution in [-0.4, -0.2) is 11.9 Å². The molecule has 1 aromatic carbocycles. The van der Waals surface area contributed by atoms with Crippen molar-refractivity contribution in [2.75, 3.05) is 0 Å². The number of hydrogen-bond donors (Lipinski definition) is 1. The van der Waals surface area contributed by atoms with Crippen molar-refractivity contribution in [3.05, 3.63) is 35.4 Å². The second kappa shape index (κ2) is 5.35.